The number of halogens is 1. The lowest BCUT2D eigenvalue weighted by Gasteiger charge is -1.70. The van der Waals surface area contributed by atoms with E-state index in [-0.39, 0.29) is 24.0 Å². The van der Waals surface area contributed by atoms with E-state index in [0.717, 1.165) is 0 Å². The summed E-state index contributed by atoms with van der Waals surface area (Å²) in [4.78, 5) is 10.4. The lowest BCUT2D eigenvalue weighted by molar-refractivity contribution is 0.381. The fourth-order valence-electron chi connectivity index (χ4n) is 0.903. The average molecular weight is 451 g/mol. The number of nitrogens with zero attached hydrogens (tertiary/aromatic N) is 2. The third kappa shape index (κ3) is 28.9. The van der Waals surface area contributed by atoms with Crippen molar-refractivity contribution in [2.45, 2.75) is 0 Å². The van der Waals surface area contributed by atoms with E-state index in [1.54, 1.807) is 24.8 Å². The Balaban J connectivity index is 0. The molecule has 3 aromatic rings. The second-order valence-corrected chi connectivity index (χ2v) is 4.28. The molecular formula is C14H18IN3O4S. The van der Waals surface area contributed by atoms with Gasteiger partial charge in [-0.25, -0.2) is 0 Å². The van der Waals surface area contributed by atoms with Crippen LogP contribution in [0.5, 0.6) is 0 Å². The highest BCUT2D eigenvalue weighted by molar-refractivity contribution is 14.0. The fraction of sp³-hybridized carbons (Fsp3) is 0. The third-order valence-corrected chi connectivity index (χ3v) is 1.63. The fourth-order valence-corrected chi connectivity index (χ4v) is 0.903. The van der Waals surface area contributed by atoms with E-state index >= 15 is 0 Å². The maximum absolute atomic E-state index is 8.74. The van der Waals surface area contributed by atoms with E-state index in [1.165, 1.54) is 0 Å². The molecule has 0 unspecified atom stereocenters. The van der Waals surface area contributed by atoms with E-state index in [2.05, 4.69) is 15.0 Å². The van der Waals surface area contributed by atoms with Crippen molar-refractivity contribution in [1.82, 2.24) is 15.0 Å². The number of aromatic nitrogens is 3. The number of hydrogen-bond donors (Lipinski definition) is 3. The first-order valence-electron chi connectivity index (χ1n) is 5.98. The summed E-state index contributed by atoms with van der Waals surface area (Å²) in [5.74, 6) is 0. The first kappa shape index (κ1) is 23.4. The number of aromatic amines is 1. The van der Waals surface area contributed by atoms with Crippen LogP contribution in [0.3, 0.4) is 0 Å². The minimum atomic E-state index is -4.67. The molecule has 9 heteroatoms. The average Bonchev–Trinajstić information content (AvgIpc) is 3.09. The van der Waals surface area contributed by atoms with Gasteiger partial charge in [0, 0.05) is 37.2 Å². The molecule has 0 aliphatic carbocycles. The van der Waals surface area contributed by atoms with Gasteiger partial charge in [-0.05, 0) is 36.4 Å². The standard InChI is InChI=1S/2C5H5N.C4H5N.HI.H2O4S/c2*1-2-4-6-5-3-1;1-2-4-5-3-1;;1-5(2,3)4/h2*1-5H;1-5H;1H;(H2,1,2,3,4). The first-order valence-corrected chi connectivity index (χ1v) is 7.37. The number of H-pyrrole nitrogens is 1. The van der Waals surface area contributed by atoms with Crippen LogP contribution in [-0.4, -0.2) is 32.5 Å². The highest BCUT2D eigenvalue weighted by Crippen LogP contribution is 1.74. The summed E-state index contributed by atoms with van der Waals surface area (Å²) in [6.45, 7) is 0. The van der Waals surface area contributed by atoms with E-state index in [9.17, 15) is 0 Å². The highest BCUT2D eigenvalue weighted by atomic mass is 127. The summed E-state index contributed by atoms with van der Waals surface area (Å²) in [5.41, 5.74) is 0. The Morgan fingerprint density at radius 1 is 0.652 bits per heavy atom. The topological polar surface area (TPSA) is 116 Å². The quantitative estimate of drug-likeness (QED) is 0.357. The molecule has 0 radical (unpaired) electrons. The molecule has 3 heterocycles. The summed E-state index contributed by atoms with van der Waals surface area (Å²) in [6, 6.07) is 15.3. The van der Waals surface area contributed by atoms with Gasteiger partial charge in [-0.1, -0.05) is 12.1 Å². The predicted octanol–water partition coefficient (Wildman–Crippen LogP) is 3.14. The smallest absolute Gasteiger partial charge is 0.368 e. The van der Waals surface area contributed by atoms with E-state index in [4.69, 9.17) is 17.5 Å². The van der Waals surface area contributed by atoms with E-state index < -0.39 is 10.4 Å². The SMILES string of the molecule is I.O=S(=O)(O)O.c1cc[nH]c1.c1ccncc1.c1ccncc1. The Kier molecular flexibility index (Phi) is 16.9. The van der Waals surface area contributed by atoms with Gasteiger partial charge in [-0.15, -0.1) is 24.0 Å². The molecule has 3 aromatic heterocycles. The molecule has 0 aliphatic heterocycles. The molecule has 3 rings (SSSR count). The lowest BCUT2D eigenvalue weighted by Crippen LogP contribution is -1.89. The van der Waals surface area contributed by atoms with Gasteiger partial charge < -0.3 is 4.98 Å². The van der Waals surface area contributed by atoms with Gasteiger partial charge in [-0.2, -0.15) is 8.42 Å². The second-order valence-electron chi connectivity index (χ2n) is 3.38. The van der Waals surface area contributed by atoms with Gasteiger partial charge in [0.1, 0.15) is 0 Å². The Morgan fingerprint density at radius 2 is 0.957 bits per heavy atom. The van der Waals surface area contributed by atoms with Gasteiger partial charge in [0.25, 0.3) is 0 Å². The van der Waals surface area contributed by atoms with Crippen LogP contribution < -0.4 is 0 Å². The molecule has 0 atom stereocenters. The second kappa shape index (κ2) is 16.5. The third-order valence-electron chi connectivity index (χ3n) is 1.63. The van der Waals surface area contributed by atoms with Gasteiger partial charge in [-0.3, -0.25) is 19.1 Å². The van der Waals surface area contributed by atoms with Crippen LogP contribution in [0.4, 0.5) is 0 Å². The van der Waals surface area contributed by atoms with Crippen LogP contribution in [0.15, 0.2) is 85.7 Å². The normalized spacial score (nSPS) is 8.43. The predicted molar refractivity (Wildman–Crippen MR) is 98.9 cm³/mol. The van der Waals surface area contributed by atoms with Crippen molar-refractivity contribution in [3.05, 3.63) is 85.7 Å². The number of rotatable bonds is 0. The van der Waals surface area contributed by atoms with Gasteiger partial charge in [0.05, 0.1) is 0 Å². The van der Waals surface area contributed by atoms with Gasteiger partial charge >= 0.3 is 10.4 Å². The van der Waals surface area contributed by atoms with E-state index in [1.807, 2.05) is 60.9 Å². The molecule has 0 fully saturated rings. The Bertz CT molecular complexity index is 528. The van der Waals surface area contributed by atoms with Crippen molar-refractivity contribution in [2.75, 3.05) is 0 Å². The Morgan fingerprint density at radius 3 is 1.04 bits per heavy atom. The summed E-state index contributed by atoms with van der Waals surface area (Å²) < 4.78 is 31.6. The minimum Gasteiger partial charge on any atom is -0.368 e. The summed E-state index contributed by atoms with van der Waals surface area (Å²) in [5, 5.41) is 0. The monoisotopic (exact) mass is 451 g/mol. The van der Waals surface area contributed by atoms with Crippen molar-refractivity contribution in [3.63, 3.8) is 0 Å². The molecule has 0 spiro atoms. The van der Waals surface area contributed by atoms with Crippen molar-refractivity contribution in [3.8, 4) is 0 Å². The zero-order valence-corrected chi connectivity index (χ0v) is 15.2. The van der Waals surface area contributed by atoms with Gasteiger partial charge in [0.2, 0.25) is 0 Å². The van der Waals surface area contributed by atoms with Gasteiger partial charge in [0.15, 0.2) is 0 Å². The number of hydrogen-bond acceptors (Lipinski definition) is 4. The van der Waals surface area contributed by atoms with Crippen LogP contribution in [-0.2, 0) is 10.4 Å². The first-order chi connectivity index (χ1) is 10.5. The van der Waals surface area contributed by atoms with Crippen molar-refractivity contribution >= 4 is 34.4 Å². The number of nitrogens with one attached hydrogen (secondary N) is 1. The Hall–Kier alpha value is -1.82. The molecular weight excluding hydrogens is 433 g/mol. The molecule has 0 aromatic carbocycles. The molecule has 23 heavy (non-hydrogen) atoms. The molecule has 3 N–H and O–H groups in total. The van der Waals surface area contributed by atoms with Crippen molar-refractivity contribution in [1.29, 1.82) is 0 Å². The van der Waals surface area contributed by atoms with Crippen LogP contribution in [0.1, 0.15) is 0 Å². The lowest BCUT2D eigenvalue weighted by atomic mass is 10.5. The molecule has 0 bridgehead atoms. The highest BCUT2D eigenvalue weighted by Gasteiger charge is 1.84. The molecule has 126 valence electrons. The van der Waals surface area contributed by atoms with Crippen molar-refractivity contribution in [2.24, 2.45) is 0 Å². The van der Waals surface area contributed by atoms with E-state index in [0.29, 0.717) is 0 Å². The Labute approximate surface area is 152 Å². The zero-order valence-electron chi connectivity index (χ0n) is 12.0. The van der Waals surface area contributed by atoms with Crippen LogP contribution in [0, 0.1) is 0 Å². The van der Waals surface area contributed by atoms with Crippen LogP contribution >= 0.6 is 24.0 Å². The zero-order chi connectivity index (χ0) is 16.5. The van der Waals surface area contributed by atoms with Crippen molar-refractivity contribution < 1.29 is 17.5 Å². The van der Waals surface area contributed by atoms with Crippen LogP contribution in [0.2, 0.25) is 0 Å². The minimum absolute atomic E-state index is 0. The summed E-state index contributed by atoms with van der Waals surface area (Å²) >= 11 is 0. The molecule has 0 amide bonds. The number of pyridine rings is 2. The van der Waals surface area contributed by atoms with Crippen LogP contribution in [0.25, 0.3) is 0 Å². The summed E-state index contributed by atoms with van der Waals surface area (Å²) in [7, 11) is -4.67. The molecule has 0 aliphatic rings. The molecule has 7 nitrogen and oxygen atoms in total. The maximum atomic E-state index is 8.74. The largest absolute Gasteiger partial charge is 0.394 e. The molecule has 0 saturated carbocycles. The maximum Gasteiger partial charge on any atom is 0.394 e. The summed E-state index contributed by atoms with van der Waals surface area (Å²) in [6.07, 6.45) is 10.8. The molecule has 0 saturated heterocycles.